The van der Waals surface area contributed by atoms with Crippen molar-refractivity contribution in [3.8, 4) is 6.07 Å². The van der Waals surface area contributed by atoms with Gasteiger partial charge < -0.3 is 0 Å². The molecule has 0 spiro atoms. The number of nitrogens with zero attached hydrogens (tertiary/aromatic N) is 3. The molecule has 0 radical (unpaired) electrons. The van der Waals surface area contributed by atoms with Gasteiger partial charge in [-0.25, -0.2) is 13.4 Å². The number of rotatable bonds is 2. The molecule has 1 aromatic rings. The molecule has 18 heavy (non-hydrogen) atoms. The molecule has 1 aliphatic rings. The van der Waals surface area contributed by atoms with Crippen LogP contribution in [0.1, 0.15) is 12.0 Å². The molecular weight excluding hydrogens is 278 g/mol. The number of pyridine rings is 1. The number of hydrogen-bond donors (Lipinski definition) is 0. The Morgan fingerprint density at radius 1 is 1.50 bits per heavy atom. The monoisotopic (exact) mass is 285 g/mol. The first-order valence-corrected chi connectivity index (χ1v) is 7.39. The van der Waals surface area contributed by atoms with Gasteiger partial charge in [0.25, 0.3) is 0 Å². The van der Waals surface area contributed by atoms with Gasteiger partial charge in [-0.1, -0.05) is 0 Å². The Morgan fingerprint density at radius 3 is 2.67 bits per heavy atom. The molecule has 1 aromatic heterocycles. The van der Waals surface area contributed by atoms with Crippen LogP contribution < -0.4 is 4.90 Å². The van der Waals surface area contributed by atoms with Gasteiger partial charge in [0.15, 0.2) is 0 Å². The molecule has 1 saturated heterocycles. The van der Waals surface area contributed by atoms with Crippen LogP contribution >= 0.6 is 10.7 Å². The van der Waals surface area contributed by atoms with E-state index in [1.165, 1.54) is 23.2 Å². The summed E-state index contributed by atoms with van der Waals surface area (Å²) in [5.74, 6) is -0.0248. The van der Waals surface area contributed by atoms with E-state index >= 15 is 0 Å². The van der Waals surface area contributed by atoms with Gasteiger partial charge in [0.2, 0.25) is 15.0 Å². The summed E-state index contributed by atoms with van der Waals surface area (Å²) in [6.45, 7) is -0.0104. The molecule has 1 atom stereocenters. The maximum Gasteiger partial charge on any atom is 0.237 e. The Hall–Kier alpha value is -1.65. The lowest BCUT2D eigenvalue weighted by Gasteiger charge is -2.14. The Morgan fingerprint density at radius 2 is 2.22 bits per heavy atom. The van der Waals surface area contributed by atoms with Gasteiger partial charge in [-0.15, -0.1) is 0 Å². The molecule has 0 bridgehead atoms. The number of hydrogen-bond acceptors (Lipinski definition) is 5. The molecule has 6 nitrogen and oxygen atoms in total. The zero-order chi connectivity index (χ0) is 13.3. The van der Waals surface area contributed by atoms with E-state index in [1.807, 2.05) is 6.07 Å². The average Bonchev–Trinajstić information content (AvgIpc) is 2.71. The number of nitriles is 1. The minimum atomic E-state index is -3.76. The number of carbonyl (C=O) groups is 1. The molecule has 8 heteroatoms. The lowest BCUT2D eigenvalue weighted by molar-refractivity contribution is -0.117. The summed E-state index contributed by atoms with van der Waals surface area (Å²) in [4.78, 5) is 16.9. The van der Waals surface area contributed by atoms with E-state index < -0.39 is 14.3 Å². The summed E-state index contributed by atoms with van der Waals surface area (Å²) >= 11 is 0. The topological polar surface area (TPSA) is 91.1 Å². The van der Waals surface area contributed by atoms with Gasteiger partial charge in [-0.3, -0.25) is 9.69 Å². The molecule has 94 valence electrons. The van der Waals surface area contributed by atoms with Crippen molar-refractivity contribution < 1.29 is 13.2 Å². The molecule has 1 amide bonds. The predicted molar refractivity (Wildman–Crippen MR) is 64.5 cm³/mol. The van der Waals surface area contributed by atoms with Crippen LogP contribution in [0.25, 0.3) is 0 Å². The molecule has 0 aliphatic carbocycles. The smallest absolute Gasteiger partial charge is 0.237 e. The second-order valence-electron chi connectivity index (χ2n) is 3.82. The quantitative estimate of drug-likeness (QED) is 0.743. The van der Waals surface area contributed by atoms with E-state index in [2.05, 4.69) is 4.98 Å². The minimum absolute atomic E-state index is 0.0104. The van der Waals surface area contributed by atoms with E-state index in [9.17, 15) is 13.2 Å². The molecule has 0 saturated carbocycles. The normalized spacial score (nSPS) is 19.9. The van der Waals surface area contributed by atoms with E-state index in [-0.39, 0.29) is 18.9 Å². The highest BCUT2D eigenvalue weighted by molar-refractivity contribution is 8.14. The first-order chi connectivity index (χ1) is 8.41. The van der Waals surface area contributed by atoms with E-state index in [1.54, 1.807) is 0 Å². The van der Waals surface area contributed by atoms with Crippen LogP contribution in [0.4, 0.5) is 5.82 Å². The van der Waals surface area contributed by atoms with Crippen molar-refractivity contribution in [1.29, 1.82) is 5.26 Å². The van der Waals surface area contributed by atoms with E-state index in [0.29, 0.717) is 11.4 Å². The van der Waals surface area contributed by atoms with Gasteiger partial charge in [-0.05, 0) is 12.1 Å². The van der Waals surface area contributed by atoms with Crippen molar-refractivity contribution in [2.45, 2.75) is 11.7 Å². The zero-order valence-corrected chi connectivity index (χ0v) is 10.6. The Bertz CT molecular complexity index is 621. The predicted octanol–water partition coefficient (Wildman–Crippen LogP) is 0.627. The van der Waals surface area contributed by atoms with Crippen LogP contribution in [0.3, 0.4) is 0 Å². The van der Waals surface area contributed by atoms with E-state index in [0.717, 1.165) is 0 Å². The lowest BCUT2D eigenvalue weighted by Crippen LogP contribution is -2.27. The van der Waals surface area contributed by atoms with Crippen molar-refractivity contribution in [2.24, 2.45) is 0 Å². The van der Waals surface area contributed by atoms with Gasteiger partial charge in [-0.2, -0.15) is 5.26 Å². The molecular formula is C10H8ClN3O3S. The van der Waals surface area contributed by atoms with E-state index in [4.69, 9.17) is 15.9 Å². The first kappa shape index (κ1) is 12.8. The largest absolute Gasteiger partial charge is 0.295 e. The van der Waals surface area contributed by atoms with Crippen LogP contribution in [0.5, 0.6) is 0 Å². The number of amides is 1. The molecule has 1 fully saturated rings. The fraction of sp³-hybridized carbons (Fsp3) is 0.300. The number of aromatic nitrogens is 1. The second-order valence-corrected chi connectivity index (χ2v) is 6.73. The fourth-order valence-corrected chi connectivity index (χ4v) is 2.72. The third-order valence-electron chi connectivity index (χ3n) is 2.64. The molecule has 0 N–H and O–H groups in total. The third kappa shape index (κ3) is 2.44. The SMILES string of the molecule is N#Cc1ccc(N2CC(S(=O)(=O)Cl)CC2=O)nc1. The van der Waals surface area contributed by atoms with Crippen LogP contribution in [0, 0.1) is 11.3 Å². The van der Waals surface area contributed by atoms with Gasteiger partial charge in [0.1, 0.15) is 17.1 Å². The molecule has 1 aliphatic heterocycles. The summed E-state index contributed by atoms with van der Waals surface area (Å²) in [5.41, 5.74) is 0.368. The molecule has 0 aromatic carbocycles. The number of carbonyl (C=O) groups excluding carboxylic acids is 1. The van der Waals surface area contributed by atoms with Crippen molar-refractivity contribution in [3.05, 3.63) is 23.9 Å². The van der Waals surface area contributed by atoms with Crippen LogP contribution in [-0.2, 0) is 13.8 Å². The van der Waals surface area contributed by atoms with Crippen molar-refractivity contribution in [2.75, 3.05) is 11.4 Å². The number of anilines is 1. The molecule has 2 rings (SSSR count). The fourth-order valence-electron chi connectivity index (χ4n) is 1.70. The zero-order valence-electron chi connectivity index (χ0n) is 9.08. The van der Waals surface area contributed by atoms with Crippen molar-refractivity contribution in [1.82, 2.24) is 4.98 Å². The summed E-state index contributed by atoms with van der Waals surface area (Å²) in [7, 11) is 1.48. The highest BCUT2D eigenvalue weighted by atomic mass is 35.7. The molecule has 1 unspecified atom stereocenters. The number of halogens is 1. The third-order valence-corrected chi connectivity index (χ3v) is 4.51. The lowest BCUT2D eigenvalue weighted by atomic mass is 10.3. The summed E-state index contributed by atoms with van der Waals surface area (Å²) < 4.78 is 22.4. The highest BCUT2D eigenvalue weighted by Gasteiger charge is 2.38. The maximum absolute atomic E-state index is 11.7. The van der Waals surface area contributed by atoms with Gasteiger partial charge in [0, 0.05) is 29.8 Å². The Kier molecular flexibility index (Phi) is 3.24. The van der Waals surface area contributed by atoms with Crippen molar-refractivity contribution in [3.63, 3.8) is 0 Å². The second kappa shape index (κ2) is 4.55. The summed E-state index contributed by atoms with van der Waals surface area (Å²) in [5, 5.41) is 7.71. The Labute approximate surface area is 108 Å². The van der Waals surface area contributed by atoms with Gasteiger partial charge >= 0.3 is 0 Å². The summed E-state index contributed by atoms with van der Waals surface area (Å²) in [6, 6.07) is 4.92. The van der Waals surface area contributed by atoms with Crippen LogP contribution in [0.2, 0.25) is 0 Å². The molecule has 2 heterocycles. The Balaban J connectivity index is 2.25. The van der Waals surface area contributed by atoms with Crippen LogP contribution in [0.15, 0.2) is 18.3 Å². The minimum Gasteiger partial charge on any atom is -0.295 e. The average molecular weight is 286 g/mol. The standard InChI is InChI=1S/C10H8ClN3O3S/c11-18(16,17)8-3-10(15)14(6-8)9-2-1-7(4-12)5-13-9/h1-2,5,8H,3,6H2. The maximum atomic E-state index is 11.7. The van der Waals surface area contributed by atoms with Crippen LogP contribution in [-0.4, -0.2) is 31.1 Å². The summed E-state index contributed by atoms with van der Waals surface area (Å²) in [6.07, 6.45) is 1.18. The van der Waals surface area contributed by atoms with Crippen molar-refractivity contribution >= 4 is 31.5 Å². The first-order valence-electron chi connectivity index (χ1n) is 5.02. The van der Waals surface area contributed by atoms with Gasteiger partial charge in [0.05, 0.1) is 5.56 Å². The highest BCUT2D eigenvalue weighted by Crippen LogP contribution is 2.25.